The highest BCUT2D eigenvalue weighted by atomic mass is 32.1. The van der Waals surface area contributed by atoms with Gasteiger partial charge < -0.3 is 9.72 Å². The zero-order valence-electron chi connectivity index (χ0n) is 18.2. The normalized spacial score (nSPS) is 11.9. The molecule has 0 aliphatic heterocycles. The molecule has 0 unspecified atom stereocenters. The zero-order chi connectivity index (χ0) is 22.8. The van der Waals surface area contributed by atoms with E-state index in [0.29, 0.717) is 35.1 Å². The van der Waals surface area contributed by atoms with E-state index in [4.69, 9.17) is 9.73 Å². The molecule has 3 aromatic heterocycles. The molecule has 0 saturated carbocycles. The molecule has 2 N–H and O–H groups in total. The van der Waals surface area contributed by atoms with E-state index < -0.39 is 0 Å². The van der Waals surface area contributed by atoms with Crippen molar-refractivity contribution in [2.24, 2.45) is 4.99 Å². The van der Waals surface area contributed by atoms with E-state index in [-0.39, 0.29) is 5.56 Å². The number of imidazole rings is 1. The molecule has 0 saturated heterocycles. The summed E-state index contributed by atoms with van der Waals surface area (Å²) in [7, 11) is 1.63. The molecule has 0 fully saturated rings. The van der Waals surface area contributed by atoms with Crippen LogP contribution < -0.4 is 10.3 Å². The lowest BCUT2D eigenvalue weighted by atomic mass is 10.0. The molecule has 0 bridgehead atoms. The Hall–Kier alpha value is -3.98. The largest absolute Gasteiger partial charge is 0.497 e. The van der Waals surface area contributed by atoms with Gasteiger partial charge in [0.1, 0.15) is 5.75 Å². The number of benzene rings is 2. The number of ether oxygens (including phenoxy) is 1. The first-order chi connectivity index (χ1) is 16.1. The molecular formula is C24H22N6O2S. The van der Waals surface area contributed by atoms with Gasteiger partial charge in [0.2, 0.25) is 5.13 Å². The van der Waals surface area contributed by atoms with Crippen molar-refractivity contribution in [3.8, 4) is 22.1 Å². The maximum Gasteiger partial charge on any atom is 0.283 e. The summed E-state index contributed by atoms with van der Waals surface area (Å²) < 4.78 is 7.81. The number of para-hydroxylation sites is 1. The first kappa shape index (κ1) is 20.9. The molecule has 0 aliphatic carbocycles. The molecule has 0 spiro atoms. The molecule has 0 amide bonds. The predicted octanol–water partition coefficient (Wildman–Crippen LogP) is 4.23. The standard InChI is InChI=1S/C24H22N6O2S/c1-15(26-12-11-17-13-25-14-27-17)21-22(16-7-9-18(32-2)10-8-16)29-30(23(21)31)24-28-19-5-3-4-6-20(19)33-24/h3-10,13-14,29H,11-12H2,1-2H3,(H,25,27). The second kappa shape index (κ2) is 8.87. The molecule has 8 nitrogen and oxygen atoms in total. The van der Waals surface area contributed by atoms with Crippen LogP contribution in [0, 0.1) is 0 Å². The number of aromatic amines is 2. The summed E-state index contributed by atoms with van der Waals surface area (Å²) >= 11 is 1.47. The third kappa shape index (κ3) is 4.10. The van der Waals surface area contributed by atoms with E-state index in [9.17, 15) is 4.79 Å². The van der Waals surface area contributed by atoms with Gasteiger partial charge in [0, 0.05) is 36.1 Å². The molecule has 33 heavy (non-hydrogen) atoms. The molecule has 2 aromatic carbocycles. The number of aliphatic imine (C=N–C) groups is 1. The molecule has 5 rings (SSSR count). The van der Waals surface area contributed by atoms with E-state index in [0.717, 1.165) is 27.2 Å². The van der Waals surface area contributed by atoms with Crippen LogP contribution in [0.1, 0.15) is 18.2 Å². The molecule has 3 heterocycles. The molecule has 166 valence electrons. The van der Waals surface area contributed by atoms with Crippen molar-refractivity contribution in [1.29, 1.82) is 0 Å². The van der Waals surface area contributed by atoms with Gasteiger partial charge in [-0.15, -0.1) is 0 Å². The average Bonchev–Trinajstić information content (AvgIpc) is 3.57. The van der Waals surface area contributed by atoms with Crippen molar-refractivity contribution < 1.29 is 4.74 Å². The second-order valence-electron chi connectivity index (χ2n) is 7.49. The number of rotatable bonds is 7. The Morgan fingerprint density at radius 2 is 2.00 bits per heavy atom. The Balaban J connectivity index is 1.59. The first-order valence-corrected chi connectivity index (χ1v) is 11.3. The molecular weight excluding hydrogens is 436 g/mol. The number of H-pyrrole nitrogens is 2. The van der Waals surface area contributed by atoms with Crippen molar-refractivity contribution in [2.45, 2.75) is 13.3 Å². The van der Waals surface area contributed by atoms with Crippen LogP contribution in [0.15, 0.2) is 70.8 Å². The van der Waals surface area contributed by atoms with Gasteiger partial charge in [0.25, 0.3) is 5.56 Å². The highest BCUT2D eigenvalue weighted by molar-refractivity contribution is 7.20. The Kier molecular flexibility index (Phi) is 5.62. The Morgan fingerprint density at radius 1 is 1.18 bits per heavy atom. The van der Waals surface area contributed by atoms with Gasteiger partial charge in [-0.1, -0.05) is 23.5 Å². The number of methoxy groups -OCH3 is 1. The van der Waals surface area contributed by atoms with Crippen molar-refractivity contribution in [2.75, 3.05) is 13.7 Å². The number of hydrogen-bond acceptors (Lipinski definition) is 6. The van der Waals surface area contributed by atoms with Crippen molar-refractivity contribution >= 4 is 27.3 Å². The number of thiazole rings is 1. The number of hydrogen-bond donors (Lipinski definition) is 2. The van der Waals surface area contributed by atoms with Crippen molar-refractivity contribution in [3.63, 3.8) is 0 Å². The summed E-state index contributed by atoms with van der Waals surface area (Å²) in [5, 5.41) is 3.87. The van der Waals surface area contributed by atoms with Gasteiger partial charge in [-0.3, -0.25) is 14.9 Å². The topological polar surface area (TPSA) is 101 Å². The van der Waals surface area contributed by atoms with E-state index in [2.05, 4.69) is 20.1 Å². The maximum atomic E-state index is 13.6. The van der Waals surface area contributed by atoms with Crippen LogP contribution in [0.25, 0.3) is 26.6 Å². The van der Waals surface area contributed by atoms with Gasteiger partial charge in [-0.25, -0.2) is 9.97 Å². The van der Waals surface area contributed by atoms with Crippen LogP contribution >= 0.6 is 11.3 Å². The van der Waals surface area contributed by atoms with Crippen LogP contribution in [-0.2, 0) is 6.42 Å². The highest BCUT2D eigenvalue weighted by Crippen LogP contribution is 2.27. The summed E-state index contributed by atoms with van der Waals surface area (Å²) in [6.07, 6.45) is 4.15. The predicted molar refractivity (Wildman–Crippen MR) is 131 cm³/mol. The van der Waals surface area contributed by atoms with Crippen LogP contribution in [0.2, 0.25) is 0 Å². The number of aromatic nitrogens is 5. The molecule has 9 heteroatoms. The third-order valence-electron chi connectivity index (χ3n) is 5.39. The summed E-state index contributed by atoms with van der Waals surface area (Å²) in [4.78, 5) is 30.0. The van der Waals surface area contributed by atoms with Crippen LogP contribution in [0.4, 0.5) is 0 Å². The zero-order valence-corrected chi connectivity index (χ0v) is 19.0. The minimum absolute atomic E-state index is 0.178. The summed E-state index contributed by atoms with van der Waals surface area (Å²) in [5.74, 6) is 0.748. The average molecular weight is 459 g/mol. The summed E-state index contributed by atoms with van der Waals surface area (Å²) in [6, 6.07) is 15.4. The fourth-order valence-corrected chi connectivity index (χ4v) is 4.60. The van der Waals surface area contributed by atoms with Gasteiger partial charge in [-0.2, -0.15) is 4.68 Å². The van der Waals surface area contributed by atoms with Gasteiger partial charge in [0.15, 0.2) is 0 Å². The van der Waals surface area contributed by atoms with Crippen molar-refractivity contribution in [3.05, 3.63) is 82.7 Å². The van der Waals surface area contributed by atoms with Gasteiger partial charge in [0.05, 0.1) is 34.9 Å². The van der Waals surface area contributed by atoms with Gasteiger partial charge in [-0.05, 0) is 43.3 Å². The number of fused-ring (bicyclic) bond motifs is 1. The van der Waals surface area contributed by atoms with Crippen molar-refractivity contribution in [1.82, 2.24) is 24.7 Å². The summed E-state index contributed by atoms with van der Waals surface area (Å²) in [6.45, 7) is 2.41. The van der Waals surface area contributed by atoms with E-state index in [1.54, 1.807) is 19.6 Å². The van der Waals surface area contributed by atoms with E-state index in [1.807, 2.05) is 55.5 Å². The monoisotopic (exact) mass is 458 g/mol. The smallest absolute Gasteiger partial charge is 0.283 e. The van der Waals surface area contributed by atoms with Crippen LogP contribution in [0.5, 0.6) is 5.75 Å². The third-order valence-corrected chi connectivity index (χ3v) is 6.41. The Bertz CT molecular complexity index is 1440. The molecule has 0 atom stereocenters. The number of nitrogens with one attached hydrogen (secondary N) is 2. The number of nitrogens with zero attached hydrogens (tertiary/aromatic N) is 4. The SMILES string of the molecule is COc1ccc(-c2[nH]n(-c3nc4ccccc4s3)c(=O)c2C(C)=NCCc2cnc[nH]2)cc1. The first-order valence-electron chi connectivity index (χ1n) is 10.5. The Labute approximate surface area is 193 Å². The fourth-order valence-electron chi connectivity index (χ4n) is 3.67. The minimum atomic E-state index is -0.178. The molecule has 0 aliphatic rings. The molecule has 0 radical (unpaired) electrons. The highest BCUT2D eigenvalue weighted by Gasteiger charge is 2.21. The quantitative estimate of drug-likeness (QED) is 0.357. The maximum absolute atomic E-state index is 13.6. The minimum Gasteiger partial charge on any atom is -0.497 e. The Morgan fingerprint density at radius 3 is 2.73 bits per heavy atom. The lowest BCUT2D eigenvalue weighted by molar-refractivity contribution is 0.415. The summed E-state index contributed by atoms with van der Waals surface area (Å²) in [5.41, 5.74) is 4.45. The van der Waals surface area contributed by atoms with Crippen LogP contribution in [0.3, 0.4) is 0 Å². The van der Waals surface area contributed by atoms with Gasteiger partial charge >= 0.3 is 0 Å². The van der Waals surface area contributed by atoms with E-state index in [1.165, 1.54) is 16.0 Å². The van der Waals surface area contributed by atoms with Crippen LogP contribution in [-0.4, -0.2) is 44.1 Å². The van der Waals surface area contributed by atoms with E-state index >= 15 is 0 Å². The fraction of sp³-hybridized carbons (Fsp3) is 0.167. The molecule has 5 aromatic rings. The second-order valence-corrected chi connectivity index (χ2v) is 8.50. The lowest BCUT2D eigenvalue weighted by Gasteiger charge is -2.05. The lowest BCUT2D eigenvalue weighted by Crippen LogP contribution is -2.19.